The van der Waals surface area contributed by atoms with Crippen molar-refractivity contribution >= 4 is 45.3 Å². The topological polar surface area (TPSA) is 56.3 Å². The molecular weight excluding hydrogens is 401 g/mol. The third kappa shape index (κ3) is 3.85. The Labute approximate surface area is 169 Å². The molecule has 2 aromatic heterocycles. The van der Waals surface area contributed by atoms with Gasteiger partial charge in [0.05, 0.1) is 18.3 Å². The molecule has 0 atom stereocenters. The molecule has 0 amide bonds. The van der Waals surface area contributed by atoms with E-state index in [2.05, 4.69) is 15.3 Å². The summed E-state index contributed by atoms with van der Waals surface area (Å²) < 4.78 is 25.5. The molecule has 0 fully saturated rings. The van der Waals surface area contributed by atoms with Crippen molar-refractivity contribution in [2.45, 2.75) is 6.61 Å². The van der Waals surface area contributed by atoms with E-state index < -0.39 is 5.82 Å². The third-order valence-electron chi connectivity index (χ3n) is 4.08. The van der Waals surface area contributed by atoms with E-state index in [1.165, 1.54) is 12.4 Å². The first kappa shape index (κ1) is 18.5. The average molecular weight is 416 g/mol. The van der Waals surface area contributed by atoms with E-state index in [1.807, 2.05) is 16.8 Å². The fourth-order valence-electron chi connectivity index (χ4n) is 2.69. The van der Waals surface area contributed by atoms with Crippen LogP contribution in [0, 0.1) is 5.82 Å². The van der Waals surface area contributed by atoms with Crippen LogP contribution in [-0.4, -0.2) is 17.1 Å². The highest BCUT2D eigenvalue weighted by Gasteiger charge is 2.13. The van der Waals surface area contributed by atoms with Crippen LogP contribution >= 0.6 is 22.9 Å². The molecule has 2 heterocycles. The van der Waals surface area contributed by atoms with Gasteiger partial charge in [0.25, 0.3) is 0 Å². The number of benzene rings is 2. The number of hydrogen-bond acceptors (Lipinski definition) is 6. The van der Waals surface area contributed by atoms with Gasteiger partial charge in [-0.15, -0.1) is 0 Å². The fourth-order valence-corrected chi connectivity index (χ4v) is 3.50. The lowest BCUT2D eigenvalue weighted by molar-refractivity contribution is 0.285. The summed E-state index contributed by atoms with van der Waals surface area (Å²) in [5, 5.41) is 8.01. The maximum Gasteiger partial charge on any atom is 0.163 e. The largest absolute Gasteiger partial charge is 0.493 e. The van der Waals surface area contributed by atoms with Crippen LogP contribution < -0.4 is 14.8 Å². The summed E-state index contributed by atoms with van der Waals surface area (Å²) in [5.74, 6) is 1.09. The molecule has 4 aromatic rings. The molecule has 0 aliphatic rings. The van der Waals surface area contributed by atoms with Gasteiger partial charge in [0, 0.05) is 16.5 Å². The Balaban J connectivity index is 1.69. The van der Waals surface area contributed by atoms with Gasteiger partial charge in [-0.2, -0.15) is 11.3 Å². The number of rotatable bonds is 6. The van der Waals surface area contributed by atoms with E-state index in [4.69, 9.17) is 21.1 Å². The summed E-state index contributed by atoms with van der Waals surface area (Å²) in [6, 6.07) is 9.96. The van der Waals surface area contributed by atoms with Crippen molar-refractivity contribution in [1.82, 2.24) is 9.97 Å². The monoisotopic (exact) mass is 415 g/mol. The number of thiophene rings is 1. The van der Waals surface area contributed by atoms with Crippen LogP contribution in [0.15, 0.2) is 53.5 Å². The van der Waals surface area contributed by atoms with Crippen molar-refractivity contribution in [3.8, 4) is 11.5 Å². The molecule has 4 rings (SSSR count). The number of ether oxygens (including phenoxy) is 2. The Morgan fingerprint density at radius 3 is 2.79 bits per heavy atom. The van der Waals surface area contributed by atoms with E-state index in [0.29, 0.717) is 39.8 Å². The van der Waals surface area contributed by atoms with Gasteiger partial charge in [0.1, 0.15) is 24.6 Å². The molecule has 5 nitrogen and oxygen atoms in total. The molecule has 0 saturated heterocycles. The quantitative estimate of drug-likeness (QED) is 0.430. The van der Waals surface area contributed by atoms with Crippen LogP contribution in [0.25, 0.3) is 10.9 Å². The standard InChI is InChI=1S/C20H15ClFN3O2S/c1-26-18-7-14-17(8-19(18)27-9-12-4-5-28-10-12)23-11-24-20(14)25-16-3-2-13(21)6-15(16)22/h2-8,10-11H,9H2,1H3,(H,23,24,25). The Morgan fingerprint density at radius 1 is 1.14 bits per heavy atom. The van der Waals surface area contributed by atoms with Gasteiger partial charge < -0.3 is 14.8 Å². The lowest BCUT2D eigenvalue weighted by atomic mass is 10.2. The predicted molar refractivity (Wildman–Crippen MR) is 109 cm³/mol. The van der Waals surface area contributed by atoms with E-state index in [0.717, 1.165) is 5.56 Å². The van der Waals surface area contributed by atoms with Gasteiger partial charge in [-0.3, -0.25) is 0 Å². The summed E-state index contributed by atoms with van der Waals surface area (Å²) in [7, 11) is 1.56. The number of halogens is 2. The van der Waals surface area contributed by atoms with E-state index in [-0.39, 0.29) is 5.69 Å². The van der Waals surface area contributed by atoms with Crippen LogP contribution in [0.5, 0.6) is 11.5 Å². The lowest BCUT2D eigenvalue weighted by Gasteiger charge is -2.14. The number of methoxy groups -OCH3 is 1. The molecule has 28 heavy (non-hydrogen) atoms. The van der Waals surface area contributed by atoms with E-state index in [1.54, 1.807) is 42.7 Å². The minimum atomic E-state index is -0.470. The zero-order chi connectivity index (χ0) is 19.5. The smallest absolute Gasteiger partial charge is 0.163 e. The highest BCUT2D eigenvalue weighted by molar-refractivity contribution is 7.07. The minimum Gasteiger partial charge on any atom is -0.493 e. The van der Waals surface area contributed by atoms with Crippen LogP contribution in [0.3, 0.4) is 0 Å². The maximum absolute atomic E-state index is 14.1. The van der Waals surface area contributed by atoms with Crippen LogP contribution in [0.4, 0.5) is 15.9 Å². The Morgan fingerprint density at radius 2 is 2.04 bits per heavy atom. The Bertz CT molecular complexity index is 1120. The van der Waals surface area contributed by atoms with Crippen molar-refractivity contribution < 1.29 is 13.9 Å². The first-order valence-corrected chi connectivity index (χ1v) is 9.65. The summed E-state index contributed by atoms with van der Waals surface area (Å²) in [6.07, 6.45) is 1.41. The van der Waals surface area contributed by atoms with Gasteiger partial charge in [0.15, 0.2) is 11.5 Å². The molecule has 0 spiro atoms. The summed E-state index contributed by atoms with van der Waals surface area (Å²) in [5.41, 5.74) is 1.99. The molecule has 0 unspecified atom stereocenters. The lowest BCUT2D eigenvalue weighted by Crippen LogP contribution is -2.00. The Hall–Kier alpha value is -2.90. The van der Waals surface area contributed by atoms with E-state index in [9.17, 15) is 4.39 Å². The van der Waals surface area contributed by atoms with Crippen molar-refractivity contribution in [3.05, 3.63) is 69.9 Å². The average Bonchev–Trinajstić information content (AvgIpc) is 3.21. The van der Waals surface area contributed by atoms with Crippen LogP contribution in [-0.2, 0) is 6.61 Å². The molecule has 0 bridgehead atoms. The molecule has 1 N–H and O–H groups in total. The second-order valence-corrected chi connectivity index (χ2v) is 7.13. The molecule has 0 saturated carbocycles. The number of nitrogens with one attached hydrogen (secondary N) is 1. The summed E-state index contributed by atoms with van der Waals surface area (Å²) in [6.45, 7) is 0.428. The molecule has 0 radical (unpaired) electrons. The number of aromatic nitrogens is 2. The molecule has 0 aliphatic heterocycles. The summed E-state index contributed by atoms with van der Waals surface area (Å²) in [4.78, 5) is 8.54. The second-order valence-electron chi connectivity index (χ2n) is 5.91. The zero-order valence-corrected chi connectivity index (χ0v) is 16.4. The number of fused-ring (bicyclic) bond motifs is 1. The maximum atomic E-state index is 14.1. The highest BCUT2D eigenvalue weighted by atomic mass is 35.5. The number of nitrogens with zero attached hydrogens (tertiary/aromatic N) is 2. The van der Waals surface area contributed by atoms with E-state index >= 15 is 0 Å². The summed E-state index contributed by atoms with van der Waals surface area (Å²) >= 11 is 7.43. The fraction of sp³-hybridized carbons (Fsp3) is 0.100. The molecular formula is C20H15ClFN3O2S. The minimum absolute atomic E-state index is 0.265. The van der Waals surface area contributed by atoms with Crippen LogP contribution in [0.2, 0.25) is 5.02 Å². The molecule has 2 aromatic carbocycles. The molecule has 0 aliphatic carbocycles. The van der Waals surface area contributed by atoms with Crippen molar-refractivity contribution in [3.63, 3.8) is 0 Å². The van der Waals surface area contributed by atoms with Gasteiger partial charge >= 0.3 is 0 Å². The third-order valence-corrected chi connectivity index (χ3v) is 5.05. The van der Waals surface area contributed by atoms with Crippen LogP contribution in [0.1, 0.15) is 5.56 Å². The molecule has 8 heteroatoms. The van der Waals surface area contributed by atoms with Crippen molar-refractivity contribution in [2.24, 2.45) is 0 Å². The second kappa shape index (κ2) is 8.00. The zero-order valence-electron chi connectivity index (χ0n) is 14.8. The van der Waals surface area contributed by atoms with Gasteiger partial charge in [0.2, 0.25) is 0 Å². The predicted octanol–water partition coefficient (Wildman–Crippen LogP) is 5.82. The van der Waals surface area contributed by atoms with Crippen molar-refractivity contribution in [2.75, 3.05) is 12.4 Å². The molecule has 142 valence electrons. The number of hydrogen-bond donors (Lipinski definition) is 1. The highest BCUT2D eigenvalue weighted by Crippen LogP contribution is 2.35. The van der Waals surface area contributed by atoms with Gasteiger partial charge in [-0.05, 0) is 46.7 Å². The Kier molecular flexibility index (Phi) is 5.27. The van der Waals surface area contributed by atoms with Gasteiger partial charge in [-0.25, -0.2) is 14.4 Å². The first-order valence-electron chi connectivity index (χ1n) is 8.33. The van der Waals surface area contributed by atoms with Crippen molar-refractivity contribution in [1.29, 1.82) is 0 Å². The number of anilines is 2. The first-order chi connectivity index (χ1) is 13.6. The SMILES string of the molecule is COc1cc2c(Nc3ccc(Cl)cc3F)ncnc2cc1OCc1ccsc1. The normalized spacial score (nSPS) is 10.8. The van der Waals surface area contributed by atoms with Gasteiger partial charge in [-0.1, -0.05) is 11.6 Å².